The van der Waals surface area contributed by atoms with Gasteiger partial charge >= 0.3 is 0 Å². The summed E-state index contributed by atoms with van der Waals surface area (Å²) in [6.45, 7) is 0.0672. The van der Waals surface area contributed by atoms with Crippen molar-refractivity contribution in [1.82, 2.24) is 24.7 Å². The van der Waals surface area contributed by atoms with Crippen LogP contribution in [0, 0.1) is 0 Å². The van der Waals surface area contributed by atoms with Crippen molar-refractivity contribution in [2.45, 2.75) is 0 Å². The summed E-state index contributed by atoms with van der Waals surface area (Å²) in [5, 5.41) is 11.5. The predicted molar refractivity (Wildman–Crippen MR) is 68.4 cm³/mol. The lowest BCUT2D eigenvalue weighted by atomic mass is 10.7. The first-order chi connectivity index (χ1) is 8.94. The van der Waals surface area contributed by atoms with Crippen LogP contribution in [0.25, 0.3) is 5.95 Å². The predicted octanol–water partition coefficient (Wildman–Crippen LogP) is -0.589. The summed E-state index contributed by atoms with van der Waals surface area (Å²) in [6.07, 6.45) is 3.20. The van der Waals surface area contributed by atoms with Crippen LogP contribution in [0.15, 0.2) is 18.5 Å². The Kier molecular flexibility index (Phi) is 3.93. The summed E-state index contributed by atoms with van der Waals surface area (Å²) in [4.78, 5) is 11.8. The number of halogens is 1. The molecule has 0 atom stereocenters. The molecule has 102 valence electrons. The molecule has 3 N–H and O–H groups in total. The second-order valence-corrected chi connectivity index (χ2v) is 5.54. The van der Waals surface area contributed by atoms with Crippen LogP contribution in [0.5, 0.6) is 0 Å². The molecule has 0 aliphatic heterocycles. The van der Waals surface area contributed by atoms with Crippen LogP contribution < -0.4 is 10.5 Å². The number of hydrogen-bond acceptors (Lipinski definition) is 7. The molecule has 0 aliphatic rings. The van der Waals surface area contributed by atoms with E-state index in [1.165, 1.54) is 4.68 Å². The Hall–Kier alpha value is -1.78. The highest BCUT2D eigenvalue weighted by Gasteiger charge is 2.08. The van der Waals surface area contributed by atoms with Gasteiger partial charge in [0, 0.05) is 18.9 Å². The van der Waals surface area contributed by atoms with Gasteiger partial charge in [0.2, 0.25) is 21.3 Å². The average molecular weight is 304 g/mol. The van der Waals surface area contributed by atoms with Gasteiger partial charge in [-0.15, -0.1) is 0 Å². The highest BCUT2D eigenvalue weighted by atomic mass is 35.5. The van der Waals surface area contributed by atoms with Gasteiger partial charge in [-0.25, -0.2) is 18.2 Å². The summed E-state index contributed by atoms with van der Waals surface area (Å²) in [7, 11) is -3.54. The van der Waals surface area contributed by atoms with Crippen molar-refractivity contribution in [3.8, 4) is 5.95 Å². The van der Waals surface area contributed by atoms with Crippen molar-refractivity contribution >= 4 is 27.6 Å². The van der Waals surface area contributed by atoms with Crippen LogP contribution in [0.3, 0.4) is 0 Å². The van der Waals surface area contributed by atoms with E-state index in [1.807, 2.05) is 0 Å². The number of hydrogen-bond donors (Lipinski definition) is 2. The zero-order valence-corrected chi connectivity index (χ0v) is 11.1. The van der Waals surface area contributed by atoms with E-state index in [4.69, 9.17) is 16.7 Å². The number of anilines is 1. The van der Waals surface area contributed by atoms with Gasteiger partial charge in [0.25, 0.3) is 5.95 Å². The fourth-order valence-electron chi connectivity index (χ4n) is 1.21. The molecule has 0 radical (unpaired) electrons. The maximum atomic E-state index is 10.8. The van der Waals surface area contributed by atoms with Crippen LogP contribution in [0.2, 0.25) is 5.28 Å². The van der Waals surface area contributed by atoms with E-state index < -0.39 is 10.0 Å². The highest BCUT2D eigenvalue weighted by molar-refractivity contribution is 7.89. The number of primary sulfonamides is 1. The molecule has 0 amide bonds. The molecule has 0 spiro atoms. The maximum absolute atomic E-state index is 10.8. The normalized spacial score (nSPS) is 11.5. The van der Waals surface area contributed by atoms with Gasteiger partial charge < -0.3 is 5.32 Å². The van der Waals surface area contributed by atoms with E-state index in [9.17, 15) is 8.42 Å². The molecule has 0 unspecified atom stereocenters. The molecular weight excluding hydrogens is 294 g/mol. The Morgan fingerprint density at radius 2 is 2.16 bits per heavy atom. The van der Waals surface area contributed by atoms with Crippen molar-refractivity contribution in [2.24, 2.45) is 5.14 Å². The van der Waals surface area contributed by atoms with Gasteiger partial charge in [-0.2, -0.15) is 20.1 Å². The smallest absolute Gasteiger partial charge is 0.256 e. The van der Waals surface area contributed by atoms with Crippen LogP contribution in [-0.4, -0.2) is 45.4 Å². The van der Waals surface area contributed by atoms with Gasteiger partial charge in [0.05, 0.1) is 5.75 Å². The molecule has 0 aliphatic carbocycles. The van der Waals surface area contributed by atoms with Crippen molar-refractivity contribution in [2.75, 3.05) is 17.6 Å². The minimum Gasteiger partial charge on any atom is -0.353 e. The van der Waals surface area contributed by atoms with Gasteiger partial charge in [-0.05, 0) is 17.7 Å². The van der Waals surface area contributed by atoms with Crippen LogP contribution in [-0.2, 0) is 10.0 Å². The molecule has 2 aromatic heterocycles. The number of aromatic nitrogens is 5. The van der Waals surface area contributed by atoms with Crippen LogP contribution in [0.4, 0.5) is 5.95 Å². The number of nitrogens with two attached hydrogens (primary N) is 1. The number of rotatable bonds is 5. The monoisotopic (exact) mass is 303 g/mol. The third-order valence-corrected chi connectivity index (χ3v) is 2.92. The summed E-state index contributed by atoms with van der Waals surface area (Å²) in [6, 6.07) is 1.70. The first-order valence-electron chi connectivity index (χ1n) is 5.10. The first-order valence-corrected chi connectivity index (χ1v) is 7.19. The van der Waals surface area contributed by atoms with Crippen molar-refractivity contribution in [3.05, 3.63) is 23.7 Å². The molecule has 0 bridgehead atoms. The number of nitrogens with one attached hydrogen (secondary N) is 1. The molecule has 0 saturated heterocycles. The SMILES string of the molecule is NS(=O)(=O)CCNc1nc(Cl)nc(-n2cccn2)n1. The molecule has 9 nitrogen and oxygen atoms in total. The third kappa shape index (κ3) is 4.12. The molecule has 0 saturated carbocycles. The Bertz CT molecular complexity index is 658. The average Bonchev–Trinajstić information content (AvgIpc) is 2.79. The minimum atomic E-state index is -3.54. The molecule has 2 heterocycles. The topological polar surface area (TPSA) is 129 Å². The lowest BCUT2D eigenvalue weighted by Crippen LogP contribution is -2.23. The second kappa shape index (κ2) is 5.47. The molecule has 19 heavy (non-hydrogen) atoms. The fourth-order valence-corrected chi connectivity index (χ4v) is 1.76. The Morgan fingerprint density at radius 1 is 1.37 bits per heavy atom. The van der Waals surface area contributed by atoms with E-state index >= 15 is 0 Å². The van der Waals surface area contributed by atoms with Crippen molar-refractivity contribution in [3.63, 3.8) is 0 Å². The Labute approximate surface area is 113 Å². The van der Waals surface area contributed by atoms with Crippen molar-refractivity contribution in [1.29, 1.82) is 0 Å². The summed E-state index contributed by atoms with van der Waals surface area (Å²) in [5.41, 5.74) is 0. The largest absolute Gasteiger partial charge is 0.353 e. The molecule has 2 rings (SSSR count). The molecule has 0 fully saturated rings. The van der Waals surface area contributed by atoms with E-state index in [-0.39, 0.29) is 29.5 Å². The van der Waals surface area contributed by atoms with E-state index in [0.717, 1.165) is 0 Å². The zero-order chi connectivity index (χ0) is 13.9. The molecule has 11 heteroatoms. The highest BCUT2D eigenvalue weighted by Crippen LogP contribution is 2.08. The van der Waals surface area contributed by atoms with Gasteiger partial charge in [0.15, 0.2) is 0 Å². The lowest BCUT2D eigenvalue weighted by Gasteiger charge is -2.05. The molecule has 2 aromatic rings. The minimum absolute atomic E-state index is 0.0291. The maximum Gasteiger partial charge on any atom is 0.256 e. The van der Waals surface area contributed by atoms with E-state index in [2.05, 4.69) is 25.4 Å². The van der Waals surface area contributed by atoms with Crippen LogP contribution >= 0.6 is 11.6 Å². The van der Waals surface area contributed by atoms with Gasteiger partial charge in [0.1, 0.15) is 0 Å². The lowest BCUT2D eigenvalue weighted by molar-refractivity contribution is 0.598. The number of sulfonamides is 1. The van der Waals surface area contributed by atoms with Gasteiger partial charge in [-0.3, -0.25) is 0 Å². The fraction of sp³-hybridized carbons (Fsp3) is 0.250. The quantitative estimate of drug-likeness (QED) is 0.755. The summed E-state index contributed by atoms with van der Waals surface area (Å²) < 4.78 is 23.0. The standard InChI is InChI=1S/C8H10ClN7O2S/c9-6-13-7(11-3-5-19(10,17)18)15-8(14-6)16-4-1-2-12-16/h1-2,4H,3,5H2,(H2,10,17,18)(H,11,13,14,15). The third-order valence-electron chi connectivity index (χ3n) is 1.98. The number of nitrogens with zero attached hydrogens (tertiary/aromatic N) is 5. The summed E-state index contributed by atoms with van der Waals surface area (Å²) in [5.74, 6) is 0.130. The second-order valence-electron chi connectivity index (χ2n) is 3.47. The van der Waals surface area contributed by atoms with E-state index in [0.29, 0.717) is 0 Å². The molecular formula is C8H10ClN7O2S. The van der Waals surface area contributed by atoms with Crippen molar-refractivity contribution < 1.29 is 8.42 Å². The Morgan fingerprint density at radius 3 is 2.79 bits per heavy atom. The summed E-state index contributed by atoms with van der Waals surface area (Å²) >= 11 is 5.75. The van der Waals surface area contributed by atoms with E-state index in [1.54, 1.807) is 18.5 Å². The molecule has 0 aromatic carbocycles. The zero-order valence-electron chi connectivity index (χ0n) is 9.56. The Balaban J connectivity index is 2.14. The van der Waals surface area contributed by atoms with Gasteiger partial charge in [-0.1, -0.05) is 0 Å². The first kappa shape index (κ1) is 13.6. The van der Waals surface area contributed by atoms with Crippen LogP contribution in [0.1, 0.15) is 0 Å².